The van der Waals surface area contributed by atoms with Gasteiger partial charge in [0, 0.05) is 44.7 Å². The van der Waals surface area contributed by atoms with E-state index in [1.54, 1.807) is 13.4 Å². The van der Waals surface area contributed by atoms with Crippen LogP contribution in [0.25, 0.3) is 0 Å². The summed E-state index contributed by atoms with van der Waals surface area (Å²) in [5, 5.41) is 0. The van der Waals surface area contributed by atoms with Crippen molar-refractivity contribution in [2.24, 2.45) is 5.92 Å². The largest absolute Gasteiger partial charge is 0.497 e. The number of carbonyl (C=O) groups excluding carboxylic acids is 1. The number of hydrogen-bond donors (Lipinski definition) is 0. The van der Waals surface area contributed by atoms with E-state index < -0.39 is 0 Å². The lowest BCUT2D eigenvalue weighted by atomic mass is 9.84. The van der Waals surface area contributed by atoms with Crippen LogP contribution < -0.4 is 4.74 Å². The minimum atomic E-state index is 0.223. The minimum absolute atomic E-state index is 0.223. The number of carbonyl (C=O) groups is 1. The van der Waals surface area contributed by atoms with E-state index in [1.165, 1.54) is 5.56 Å². The maximum absolute atomic E-state index is 12.8. The summed E-state index contributed by atoms with van der Waals surface area (Å²) in [7, 11) is 3.91. The molecule has 0 saturated carbocycles. The van der Waals surface area contributed by atoms with Gasteiger partial charge in [-0.2, -0.15) is 0 Å². The topological polar surface area (TPSA) is 58.8 Å². The van der Waals surface area contributed by atoms with Gasteiger partial charge in [-0.1, -0.05) is 18.2 Å². The molecule has 1 saturated heterocycles. The number of furan rings is 1. The molecule has 1 aromatic carbocycles. The highest BCUT2D eigenvalue weighted by molar-refractivity contribution is 5.76. The number of aryl methyl sites for hydroxylation is 1. The van der Waals surface area contributed by atoms with Crippen molar-refractivity contribution in [1.82, 2.24) is 14.8 Å². The second kappa shape index (κ2) is 11.8. The van der Waals surface area contributed by atoms with E-state index in [4.69, 9.17) is 9.15 Å². The fourth-order valence-electron chi connectivity index (χ4n) is 4.96. The minimum Gasteiger partial charge on any atom is -0.497 e. The van der Waals surface area contributed by atoms with Crippen LogP contribution in [0.5, 0.6) is 5.75 Å². The number of methoxy groups -OCH3 is 1. The number of likely N-dealkylation sites (tertiary alicyclic amines) is 1. The summed E-state index contributed by atoms with van der Waals surface area (Å²) < 4.78 is 10.8. The fraction of sp³-hybridized carbons (Fsp3) is 0.429. The van der Waals surface area contributed by atoms with Crippen molar-refractivity contribution in [2.75, 3.05) is 27.2 Å². The number of rotatable bonds is 10. The van der Waals surface area contributed by atoms with E-state index in [0.29, 0.717) is 24.8 Å². The van der Waals surface area contributed by atoms with Crippen LogP contribution in [0.2, 0.25) is 0 Å². The molecule has 2 aromatic heterocycles. The van der Waals surface area contributed by atoms with Crippen LogP contribution in [0.1, 0.15) is 36.3 Å². The van der Waals surface area contributed by atoms with Crippen LogP contribution >= 0.6 is 0 Å². The summed E-state index contributed by atoms with van der Waals surface area (Å²) in [6, 6.07) is 18.6. The summed E-state index contributed by atoms with van der Waals surface area (Å²) in [5.41, 5.74) is 2.35. The normalized spacial score (nSPS) is 15.4. The maximum atomic E-state index is 12.8. The Morgan fingerprint density at radius 1 is 1.18 bits per heavy atom. The molecule has 0 bridgehead atoms. The van der Waals surface area contributed by atoms with E-state index in [9.17, 15) is 4.79 Å². The van der Waals surface area contributed by atoms with Crippen LogP contribution in [-0.4, -0.2) is 54.0 Å². The van der Waals surface area contributed by atoms with Gasteiger partial charge in [0.05, 0.1) is 19.1 Å². The average molecular weight is 462 g/mol. The van der Waals surface area contributed by atoms with Crippen molar-refractivity contribution < 1.29 is 13.9 Å². The lowest BCUT2D eigenvalue weighted by molar-refractivity contribution is -0.132. The number of aromatic nitrogens is 1. The molecule has 1 aliphatic heterocycles. The molecular weight excluding hydrogens is 426 g/mol. The highest BCUT2D eigenvalue weighted by Gasteiger charge is 2.31. The van der Waals surface area contributed by atoms with Gasteiger partial charge in [0.25, 0.3) is 0 Å². The van der Waals surface area contributed by atoms with Crippen molar-refractivity contribution in [1.29, 1.82) is 0 Å². The molecule has 1 amide bonds. The van der Waals surface area contributed by atoms with Crippen molar-refractivity contribution >= 4 is 5.91 Å². The lowest BCUT2D eigenvalue weighted by Gasteiger charge is -2.40. The summed E-state index contributed by atoms with van der Waals surface area (Å²) in [5.74, 6) is 2.49. The first-order chi connectivity index (χ1) is 16.6. The first-order valence-electron chi connectivity index (χ1n) is 12.2. The second-order valence-electron chi connectivity index (χ2n) is 9.16. The van der Waals surface area contributed by atoms with E-state index >= 15 is 0 Å². The molecule has 0 N–H and O–H groups in total. The van der Waals surface area contributed by atoms with Gasteiger partial charge in [-0.05, 0) is 74.2 Å². The van der Waals surface area contributed by atoms with Crippen molar-refractivity contribution in [3.05, 3.63) is 84.1 Å². The molecule has 1 atom stereocenters. The summed E-state index contributed by atoms with van der Waals surface area (Å²) in [6.45, 7) is 2.43. The van der Waals surface area contributed by atoms with Gasteiger partial charge in [0.1, 0.15) is 11.5 Å². The highest BCUT2D eigenvalue weighted by Crippen LogP contribution is 2.28. The van der Waals surface area contributed by atoms with Crippen LogP contribution in [0.3, 0.4) is 0 Å². The molecule has 3 heterocycles. The van der Waals surface area contributed by atoms with Crippen molar-refractivity contribution in [3.63, 3.8) is 0 Å². The molecule has 6 heteroatoms. The third-order valence-corrected chi connectivity index (χ3v) is 6.88. The molecule has 1 unspecified atom stereocenters. The number of likely N-dealkylation sites (N-methyl/N-ethyl adjacent to an activating group) is 1. The summed E-state index contributed by atoms with van der Waals surface area (Å²) in [6.07, 6.45) is 7.64. The molecule has 4 rings (SSSR count). The molecule has 1 aliphatic rings. The van der Waals surface area contributed by atoms with Crippen LogP contribution in [0, 0.1) is 5.92 Å². The van der Waals surface area contributed by atoms with E-state index in [0.717, 1.165) is 56.1 Å². The van der Waals surface area contributed by atoms with Gasteiger partial charge in [-0.3, -0.25) is 14.7 Å². The predicted molar refractivity (Wildman–Crippen MR) is 133 cm³/mol. The van der Waals surface area contributed by atoms with Crippen LogP contribution in [0.4, 0.5) is 0 Å². The van der Waals surface area contributed by atoms with E-state index in [-0.39, 0.29) is 5.91 Å². The maximum Gasteiger partial charge on any atom is 0.223 e. The number of nitrogens with zero attached hydrogens (tertiary/aromatic N) is 3. The molecular formula is C28H35N3O3. The van der Waals surface area contributed by atoms with Crippen LogP contribution in [0.15, 0.2) is 71.5 Å². The second-order valence-corrected chi connectivity index (χ2v) is 9.16. The number of piperidine rings is 1. The van der Waals surface area contributed by atoms with Gasteiger partial charge < -0.3 is 14.1 Å². The molecule has 6 nitrogen and oxygen atoms in total. The van der Waals surface area contributed by atoms with Gasteiger partial charge in [-0.25, -0.2) is 0 Å². The standard InChI is InChI=1S/C28H35N3O3/c1-30(21-24-8-3-4-15-29-24)27(20-22-7-5-9-26(19-22)33-2)23-13-16-31(17-14-23)28(32)12-11-25-10-6-18-34-25/h3-10,15,18-19,23,27H,11-14,16-17,20-21H2,1-2H3. The van der Waals surface area contributed by atoms with E-state index in [2.05, 4.69) is 41.2 Å². The third kappa shape index (κ3) is 6.48. The monoisotopic (exact) mass is 461 g/mol. The zero-order valence-electron chi connectivity index (χ0n) is 20.2. The Hall–Kier alpha value is -3.12. The number of ether oxygens (including phenoxy) is 1. The Bertz CT molecular complexity index is 1010. The summed E-state index contributed by atoms with van der Waals surface area (Å²) in [4.78, 5) is 21.8. The number of hydrogen-bond acceptors (Lipinski definition) is 5. The number of benzene rings is 1. The quantitative estimate of drug-likeness (QED) is 0.442. The fourth-order valence-corrected chi connectivity index (χ4v) is 4.96. The third-order valence-electron chi connectivity index (χ3n) is 6.88. The average Bonchev–Trinajstić information content (AvgIpc) is 3.40. The molecule has 0 aliphatic carbocycles. The summed E-state index contributed by atoms with van der Waals surface area (Å²) >= 11 is 0. The first-order valence-corrected chi connectivity index (χ1v) is 12.2. The van der Waals surface area contributed by atoms with Gasteiger partial charge in [0.2, 0.25) is 5.91 Å². The smallest absolute Gasteiger partial charge is 0.223 e. The Kier molecular flexibility index (Phi) is 8.36. The molecule has 0 spiro atoms. The molecule has 180 valence electrons. The number of amides is 1. The van der Waals surface area contributed by atoms with Crippen LogP contribution in [-0.2, 0) is 24.2 Å². The molecule has 1 fully saturated rings. The Morgan fingerprint density at radius 3 is 2.74 bits per heavy atom. The van der Waals surface area contributed by atoms with Crippen molar-refractivity contribution in [2.45, 2.75) is 44.7 Å². The Balaban J connectivity index is 1.40. The molecule has 0 radical (unpaired) electrons. The first kappa shape index (κ1) is 24.0. The lowest BCUT2D eigenvalue weighted by Crippen LogP contribution is -2.46. The van der Waals surface area contributed by atoms with Crippen molar-refractivity contribution in [3.8, 4) is 5.75 Å². The van der Waals surface area contributed by atoms with Gasteiger partial charge in [-0.15, -0.1) is 0 Å². The Labute approximate surface area is 202 Å². The zero-order chi connectivity index (χ0) is 23.8. The molecule has 3 aromatic rings. The number of pyridine rings is 1. The Morgan fingerprint density at radius 2 is 2.03 bits per heavy atom. The zero-order valence-corrected chi connectivity index (χ0v) is 20.2. The van der Waals surface area contributed by atoms with Gasteiger partial charge in [0.15, 0.2) is 0 Å². The molecule has 34 heavy (non-hydrogen) atoms. The van der Waals surface area contributed by atoms with E-state index in [1.807, 2.05) is 41.4 Å². The predicted octanol–water partition coefficient (Wildman–Crippen LogP) is 4.60. The SMILES string of the molecule is COc1cccc(CC(C2CCN(C(=O)CCc3ccco3)CC2)N(C)Cc2ccccn2)c1. The highest BCUT2D eigenvalue weighted by atomic mass is 16.5. The van der Waals surface area contributed by atoms with Gasteiger partial charge >= 0.3 is 0 Å².